The van der Waals surface area contributed by atoms with Crippen molar-refractivity contribution in [3.8, 4) is 0 Å². The minimum Gasteiger partial charge on any atom is -0.481 e. The summed E-state index contributed by atoms with van der Waals surface area (Å²) in [4.78, 5) is 23.3. The summed E-state index contributed by atoms with van der Waals surface area (Å²) in [5, 5.41) is 17.3. The number of ether oxygens (including phenoxy) is 1. The number of hydrogen-bond acceptors (Lipinski definition) is 5. The lowest BCUT2D eigenvalue weighted by Gasteiger charge is -2.24. The molecule has 0 aliphatic heterocycles. The first-order valence-electron chi connectivity index (χ1n) is 4.88. The molecule has 0 bridgehead atoms. The molecule has 0 fully saturated rings. The van der Waals surface area contributed by atoms with Gasteiger partial charge in [-0.1, -0.05) is 0 Å². The van der Waals surface area contributed by atoms with E-state index >= 15 is 0 Å². The molecule has 0 aliphatic carbocycles. The molecule has 0 aromatic heterocycles. The maximum atomic E-state index is 11.6. The van der Waals surface area contributed by atoms with Crippen LogP contribution in [0.2, 0.25) is 0 Å². The average Bonchev–Trinajstić information content (AvgIpc) is 2.22. The number of carbonyl (C=O) groups excluding carboxylic acids is 1. The average molecular weight is 234 g/mol. The molecular formula is C9H18N2O5. The number of rotatable bonds is 8. The summed E-state index contributed by atoms with van der Waals surface area (Å²) in [7, 11) is 1.48. The fraction of sp³-hybridized carbons (Fsp3) is 0.778. The molecule has 1 atom stereocenters. The van der Waals surface area contributed by atoms with Gasteiger partial charge in [-0.15, -0.1) is 0 Å². The van der Waals surface area contributed by atoms with Crippen molar-refractivity contribution in [3.05, 3.63) is 0 Å². The fourth-order valence-corrected chi connectivity index (χ4v) is 1.16. The zero-order chi connectivity index (χ0) is 12.6. The number of amides is 1. The van der Waals surface area contributed by atoms with Crippen LogP contribution in [-0.2, 0) is 14.3 Å². The van der Waals surface area contributed by atoms with Crippen LogP contribution in [0.1, 0.15) is 6.42 Å². The maximum absolute atomic E-state index is 11.6. The van der Waals surface area contributed by atoms with Crippen LogP contribution in [0.4, 0.5) is 0 Å². The topological polar surface area (TPSA) is 113 Å². The third kappa shape index (κ3) is 5.64. The molecule has 1 unspecified atom stereocenters. The summed E-state index contributed by atoms with van der Waals surface area (Å²) in [6.07, 6.45) is -0.423. The zero-order valence-electron chi connectivity index (χ0n) is 9.26. The minimum atomic E-state index is -1.13. The molecule has 0 radical (unpaired) electrons. The van der Waals surface area contributed by atoms with Gasteiger partial charge in [0.2, 0.25) is 5.91 Å². The lowest BCUT2D eigenvalue weighted by Crippen LogP contribution is -2.47. The molecular weight excluding hydrogens is 216 g/mol. The van der Waals surface area contributed by atoms with Crippen LogP contribution in [0.15, 0.2) is 0 Å². The third-order valence-electron chi connectivity index (χ3n) is 1.96. The highest BCUT2D eigenvalue weighted by molar-refractivity contribution is 5.85. The highest BCUT2D eigenvalue weighted by atomic mass is 16.5. The van der Waals surface area contributed by atoms with E-state index in [0.717, 1.165) is 0 Å². The predicted octanol–water partition coefficient (Wildman–Crippen LogP) is -1.74. The highest BCUT2D eigenvalue weighted by Crippen LogP contribution is 1.98. The van der Waals surface area contributed by atoms with Crippen molar-refractivity contribution in [3.63, 3.8) is 0 Å². The van der Waals surface area contributed by atoms with Crippen LogP contribution in [0.25, 0.3) is 0 Å². The first-order valence-corrected chi connectivity index (χ1v) is 4.88. The van der Waals surface area contributed by atoms with E-state index in [1.807, 2.05) is 0 Å². The molecule has 0 spiro atoms. The van der Waals surface area contributed by atoms with Gasteiger partial charge in [-0.2, -0.15) is 0 Å². The maximum Gasteiger partial charge on any atom is 0.305 e. The highest BCUT2D eigenvalue weighted by Gasteiger charge is 2.22. The van der Waals surface area contributed by atoms with Gasteiger partial charge in [0, 0.05) is 20.2 Å². The van der Waals surface area contributed by atoms with Gasteiger partial charge in [-0.3, -0.25) is 9.59 Å². The third-order valence-corrected chi connectivity index (χ3v) is 1.96. The van der Waals surface area contributed by atoms with Crippen LogP contribution in [0.3, 0.4) is 0 Å². The van der Waals surface area contributed by atoms with Crippen molar-refractivity contribution in [1.29, 1.82) is 0 Å². The van der Waals surface area contributed by atoms with Gasteiger partial charge in [0.1, 0.15) is 0 Å². The number of methoxy groups -OCH3 is 1. The second kappa shape index (κ2) is 8.03. The Bertz CT molecular complexity index is 234. The fourth-order valence-electron chi connectivity index (χ4n) is 1.16. The molecule has 0 rings (SSSR count). The molecule has 7 heteroatoms. The Morgan fingerprint density at radius 3 is 2.50 bits per heavy atom. The zero-order valence-corrected chi connectivity index (χ0v) is 9.26. The molecule has 4 N–H and O–H groups in total. The van der Waals surface area contributed by atoms with Gasteiger partial charge >= 0.3 is 5.97 Å². The lowest BCUT2D eigenvalue weighted by atomic mass is 10.2. The number of aliphatic hydroxyl groups is 1. The van der Waals surface area contributed by atoms with E-state index in [-0.39, 0.29) is 19.7 Å². The second-order valence-corrected chi connectivity index (χ2v) is 3.25. The second-order valence-electron chi connectivity index (χ2n) is 3.25. The standard InChI is InChI=1S/C9H18N2O5/c1-16-5-3-11(2-4-12)9(15)7(10)6-8(13)14/h7,12H,2-6,10H2,1H3,(H,13,14). The molecule has 0 aromatic rings. The van der Waals surface area contributed by atoms with E-state index < -0.39 is 24.3 Å². The van der Waals surface area contributed by atoms with Gasteiger partial charge in [0.15, 0.2) is 0 Å². The summed E-state index contributed by atoms with van der Waals surface area (Å²) >= 11 is 0. The van der Waals surface area contributed by atoms with Crippen LogP contribution in [0, 0.1) is 0 Å². The summed E-state index contributed by atoms with van der Waals surface area (Å²) in [6, 6.07) is -1.08. The van der Waals surface area contributed by atoms with Gasteiger partial charge < -0.3 is 25.6 Å². The van der Waals surface area contributed by atoms with Crippen LogP contribution < -0.4 is 5.73 Å². The quantitative estimate of drug-likeness (QED) is 0.459. The molecule has 0 aromatic carbocycles. The van der Waals surface area contributed by atoms with Gasteiger partial charge in [0.25, 0.3) is 0 Å². The van der Waals surface area contributed by atoms with Crippen molar-refractivity contribution in [2.75, 3.05) is 33.4 Å². The van der Waals surface area contributed by atoms with E-state index in [4.69, 9.17) is 20.7 Å². The van der Waals surface area contributed by atoms with E-state index in [0.29, 0.717) is 6.61 Å². The molecule has 0 aliphatic rings. The molecule has 16 heavy (non-hydrogen) atoms. The number of nitrogens with zero attached hydrogens (tertiary/aromatic N) is 1. The monoisotopic (exact) mass is 234 g/mol. The number of aliphatic hydroxyl groups excluding tert-OH is 1. The Labute approximate surface area is 93.8 Å². The number of carboxylic acid groups (broad SMARTS) is 1. The largest absolute Gasteiger partial charge is 0.481 e. The number of nitrogens with two attached hydrogens (primary N) is 1. The summed E-state index contributed by atoms with van der Waals surface area (Å²) in [5.74, 6) is -1.62. The minimum absolute atomic E-state index is 0.121. The van der Waals surface area contributed by atoms with Crippen molar-refractivity contribution in [1.82, 2.24) is 4.90 Å². The van der Waals surface area contributed by atoms with Crippen molar-refractivity contribution in [2.45, 2.75) is 12.5 Å². The Balaban J connectivity index is 4.28. The SMILES string of the molecule is COCCN(CCO)C(=O)C(N)CC(=O)O. The number of hydrogen-bond donors (Lipinski definition) is 3. The Hall–Kier alpha value is -1.18. The predicted molar refractivity (Wildman–Crippen MR) is 55.8 cm³/mol. The molecule has 1 amide bonds. The van der Waals surface area contributed by atoms with E-state index in [1.165, 1.54) is 12.0 Å². The van der Waals surface area contributed by atoms with E-state index in [1.54, 1.807) is 0 Å². The van der Waals surface area contributed by atoms with E-state index in [2.05, 4.69) is 0 Å². The number of aliphatic carboxylic acids is 1. The first-order chi connectivity index (χ1) is 7.52. The molecule has 94 valence electrons. The number of carbonyl (C=O) groups is 2. The Kier molecular flexibility index (Phi) is 7.44. The van der Waals surface area contributed by atoms with Crippen molar-refractivity contribution >= 4 is 11.9 Å². The Morgan fingerprint density at radius 1 is 1.44 bits per heavy atom. The normalized spacial score (nSPS) is 12.2. The van der Waals surface area contributed by atoms with Crippen molar-refractivity contribution in [2.24, 2.45) is 5.73 Å². The van der Waals surface area contributed by atoms with Crippen LogP contribution in [0.5, 0.6) is 0 Å². The smallest absolute Gasteiger partial charge is 0.305 e. The molecule has 0 saturated carbocycles. The summed E-state index contributed by atoms with van der Waals surface area (Å²) in [5.41, 5.74) is 5.43. The van der Waals surface area contributed by atoms with Gasteiger partial charge in [-0.05, 0) is 0 Å². The van der Waals surface area contributed by atoms with Gasteiger partial charge in [0.05, 0.1) is 25.7 Å². The van der Waals surface area contributed by atoms with Crippen LogP contribution >= 0.6 is 0 Å². The van der Waals surface area contributed by atoms with Crippen molar-refractivity contribution < 1.29 is 24.5 Å². The summed E-state index contributed by atoms with van der Waals surface area (Å²) in [6.45, 7) is 0.513. The van der Waals surface area contributed by atoms with Crippen LogP contribution in [-0.4, -0.2) is 66.4 Å². The number of carboxylic acids is 1. The first kappa shape index (κ1) is 14.8. The molecule has 0 saturated heterocycles. The Morgan fingerprint density at radius 2 is 2.06 bits per heavy atom. The summed E-state index contributed by atoms with van der Waals surface area (Å²) < 4.78 is 4.80. The van der Waals surface area contributed by atoms with Gasteiger partial charge in [-0.25, -0.2) is 0 Å². The molecule has 0 heterocycles. The lowest BCUT2D eigenvalue weighted by molar-refractivity contribution is -0.142. The molecule has 7 nitrogen and oxygen atoms in total. The van der Waals surface area contributed by atoms with E-state index in [9.17, 15) is 9.59 Å².